The minimum atomic E-state index is -0.753. The normalized spacial score (nSPS) is 15.3. The number of nitrogens with zero attached hydrogens (tertiary/aromatic N) is 3. The van der Waals surface area contributed by atoms with E-state index in [1.165, 1.54) is 4.90 Å². The van der Waals surface area contributed by atoms with Crippen molar-refractivity contribution in [3.05, 3.63) is 66.1 Å². The van der Waals surface area contributed by atoms with Crippen molar-refractivity contribution < 1.29 is 18.7 Å². The van der Waals surface area contributed by atoms with E-state index in [9.17, 15) is 9.59 Å². The van der Waals surface area contributed by atoms with Crippen LogP contribution in [0.4, 0.5) is 5.69 Å². The summed E-state index contributed by atoms with van der Waals surface area (Å²) in [6, 6.07) is 16.8. The van der Waals surface area contributed by atoms with Gasteiger partial charge in [0, 0.05) is 19.7 Å². The molecule has 0 fully saturated rings. The second-order valence-corrected chi connectivity index (χ2v) is 7.38. The van der Waals surface area contributed by atoms with E-state index in [-0.39, 0.29) is 24.8 Å². The number of aryl methyl sites for hydroxylation is 1. The van der Waals surface area contributed by atoms with Gasteiger partial charge in [0.15, 0.2) is 6.10 Å². The zero-order valence-corrected chi connectivity index (χ0v) is 17.2. The van der Waals surface area contributed by atoms with E-state index in [1.54, 1.807) is 32.0 Å². The molecule has 1 aliphatic heterocycles. The lowest BCUT2D eigenvalue weighted by Gasteiger charge is -2.35. The lowest BCUT2D eigenvalue weighted by molar-refractivity contribution is -0.136. The number of hydrogen-bond acceptors (Lipinski definition) is 5. The highest BCUT2D eigenvalue weighted by Crippen LogP contribution is 2.34. The number of hydrogen-bond donors (Lipinski definition) is 0. The summed E-state index contributed by atoms with van der Waals surface area (Å²) in [5.41, 5.74) is 2.08. The number of aromatic nitrogens is 1. The molecule has 0 N–H and O–H groups in total. The molecule has 0 radical (unpaired) electrons. The van der Waals surface area contributed by atoms with Crippen LogP contribution in [0.2, 0.25) is 0 Å². The summed E-state index contributed by atoms with van der Waals surface area (Å²) in [5.74, 6) is 1.24. The molecule has 0 bridgehead atoms. The molecule has 0 spiro atoms. The van der Waals surface area contributed by atoms with E-state index >= 15 is 0 Å². The standard InChI is InChI=1S/C23H23N3O4/c1-15-17(24-22(29-15)16-9-5-4-6-10-16)13-21(27)26-14-20(23(28)25(2)3)30-19-12-8-7-11-18(19)26/h4-12,20H,13-14H2,1-3H3. The van der Waals surface area contributed by atoms with E-state index in [0.717, 1.165) is 5.56 Å². The number of ether oxygens (including phenoxy) is 1. The Morgan fingerprint density at radius 1 is 1.10 bits per heavy atom. The van der Waals surface area contributed by atoms with Crippen molar-refractivity contribution in [2.45, 2.75) is 19.4 Å². The van der Waals surface area contributed by atoms with Gasteiger partial charge in [-0.3, -0.25) is 9.59 Å². The maximum absolute atomic E-state index is 13.2. The van der Waals surface area contributed by atoms with E-state index in [4.69, 9.17) is 9.15 Å². The van der Waals surface area contributed by atoms with Gasteiger partial charge in [-0.1, -0.05) is 30.3 Å². The number of oxazole rings is 1. The van der Waals surface area contributed by atoms with Crippen molar-refractivity contribution in [1.29, 1.82) is 0 Å². The maximum Gasteiger partial charge on any atom is 0.265 e. The van der Waals surface area contributed by atoms with Crippen LogP contribution in [0.15, 0.2) is 59.0 Å². The number of amides is 2. The number of carbonyl (C=O) groups is 2. The van der Waals surface area contributed by atoms with Gasteiger partial charge in [0.2, 0.25) is 11.8 Å². The summed E-state index contributed by atoms with van der Waals surface area (Å²) in [5, 5.41) is 0. The summed E-state index contributed by atoms with van der Waals surface area (Å²) in [6.07, 6.45) is -0.684. The Morgan fingerprint density at radius 3 is 2.53 bits per heavy atom. The largest absolute Gasteiger partial charge is 0.476 e. The quantitative estimate of drug-likeness (QED) is 0.667. The second-order valence-electron chi connectivity index (χ2n) is 7.38. The predicted molar refractivity (Wildman–Crippen MR) is 112 cm³/mol. The van der Waals surface area contributed by atoms with Crippen LogP contribution >= 0.6 is 0 Å². The lowest BCUT2D eigenvalue weighted by Crippen LogP contribution is -2.50. The number of benzene rings is 2. The molecule has 1 unspecified atom stereocenters. The third-order valence-electron chi connectivity index (χ3n) is 5.02. The first-order valence-electron chi connectivity index (χ1n) is 9.73. The van der Waals surface area contributed by atoms with Gasteiger partial charge < -0.3 is 19.0 Å². The van der Waals surface area contributed by atoms with Crippen molar-refractivity contribution in [1.82, 2.24) is 9.88 Å². The molecule has 154 valence electrons. The molecule has 2 amide bonds. The molecule has 3 aromatic rings. The van der Waals surface area contributed by atoms with Crippen LogP contribution in [0.3, 0.4) is 0 Å². The Labute approximate surface area is 174 Å². The Bertz CT molecular complexity index is 1080. The molecule has 30 heavy (non-hydrogen) atoms. The van der Waals surface area contributed by atoms with Crippen molar-refractivity contribution in [2.24, 2.45) is 0 Å². The molecule has 1 aromatic heterocycles. The molecule has 2 heterocycles. The molecule has 7 nitrogen and oxygen atoms in total. The fraction of sp³-hybridized carbons (Fsp3) is 0.261. The van der Waals surface area contributed by atoms with Gasteiger partial charge in [-0.2, -0.15) is 0 Å². The molecule has 4 rings (SSSR count). The zero-order chi connectivity index (χ0) is 21.3. The van der Waals surface area contributed by atoms with Crippen molar-refractivity contribution in [2.75, 3.05) is 25.5 Å². The lowest BCUT2D eigenvalue weighted by atomic mass is 10.1. The average molecular weight is 405 g/mol. The number of rotatable bonds is 4. The summed E-state index contributed by atoms with van der Waals surface area (Å²) >= 11 is 0. The van der Waals surface area contributed by atoms with Crippen LogP contribution in [0.5, 0.6) is 5.75 Å². The highest BCUT2D eigenvalue weighted by atomic mass is 16.5. The highest BCUT2D eigenvalue weighted by molar-refractivity contribution is 5.98. The molecule has 1 atom stereocenters. The highest BCUT2D eigenvalue weighted by Gasteiger charge is 2.34. The SMILES string of the molecule is Cc1oc(-c2ccccc2)nc1CC(=O)N1CC(C(=O)N(C)C)Oc2ccccc21. The topological polar surface area (TPSA) is 75.9 Å². The number of likely N-dealkylation sites (N-methyl/N-ethyl adjacent to an activating group) is 1. The van der Waals surface area contributed by atoms with Gasteiger partial charge in [-0.25, -0.2) is 4.98 Å². The van der Waals surface area contributed by atoms with E-state index in [0.29, 0.717) is 28.8 Å². The first-order chi connectivity index (χ1) is 14.4. The number of para-hydroxylation sites is 2. The van der Waals surface area contributed by atoms with Gasteiger partial charge in [0.05, 0.1) is 24.3 Å². The molecule has 7 heteroatoms. The molecule has 0 saturated heterocycles. The average Bonchev–Trinajstić information content (AvgIpc) is 3.13. The third-order valence-corrected chi connectivity index (χ3v) is 5.02. The summed E-state index contributed by atoms with van der Waals surface area (Å²) in [4.78, 5) is 33.3. The van der Waals surface area contributed by atoms with Gasteiger partial charge in [-0.05, 0) is 31.2 Å². The molecular formula is C23H23N3O4. The van der Waals surface area contributed by atoms with Crippen LogP contribution in [0.25, 0.3) is 11.5 Å². The molecule has 2 aromatic carbocycles. The first kappa shape index (κ1) is 19.7. The Hall–Kier alpha value is -3.61. The van der Waals surface area contributed by atoms with Crippen LogP contribution < -0.4 is 9.64 Å². The van der Waals surface area contributed by atoms with Crippen molar-refractivity contribution in [3.8, 4) is 17.2 Å². The second kappa shape index (κ2) is 8.02. The number of carbonyl (C=O) groups excluding carboxylic acids is 2. The first-order valence-corrected chi connectivity index (χ1v) is 9.73. The van der Waals surface area contributed by atoms with Crippen LogP contribution in [-0.2, 0) is 16.0 Å². The Kier molecular flexibility index (Phi) is 5.27. The molecular weight excluding hydrogens is 382 g/mol. The smallest absolute Gasteiger partial charge is 0.265 e. The number of anilines is 1. The maximum atomic E-state index is 13.2. The molecule has 1 aliphatic rings. The van der Waals surface area contributed by atoms with E-state index in [2.05, 4.69) is 4.98 Å². The summed E-state index contributed by atoms with van der Waals surface area (Å²) in [7, 11) is 3.34. The zero-order valence-electron chi connectivity index (χ0n) is 17.2. The fourth-order valence-corrected chi connectivity index (χ4v) is 3.42. The summed E-state index contributed by atoms with van der Waals surface area (Å²) in [6.45, 7) is 1.95. The monoisotopic (exact) mass is 405 g/mol. The number of fused-ring (bicyclic) bond motifs is 1. The van der Waals surface area contributed by atoms with E-state index < -0.39 is 6.10 Å². The minimum absolute atomic E-state index is 0.0688. The van der Waals surface area contributed by atoms with Gasteiger partial charge in [0.25, 0.3) is 5.91 Å². The van der Waals surface area contributed by atoms with Crippen LogP contribution in [-0.4, -0.2) is 48.4 Å². The molecule has 0 saturated carbocycles. The van der Waals surface area contributed by atoms with Crippen molar-refractivity contribution >= 4 is 17.5 Å². The van der Waals surface area contributed by atoms with Crippen LogP contribution in [0.1, 0.15) is 11.5 Å². The fourth-order valence-electron chi connectivity index (χ4n) is 3.42. The van der Waals surface area contributed by atoms with Gasteiger partial charge in [0.1, 0.15) is 11.5 Å². The predicted octanol–water partition coefficient (Wildman–Crippen LogP) is 3.07. The van der Waals surface area contributed by atoms with E-state index in [1.807, 2.05) is 48.5 Å². The molecule has 0 aliphatic carbocycles. The minimum Gasteiger partial charge on any atom is -0.476 e. The summed E-state index contributed by atoms with van der Waals surface area (Å²) < 4.78 is 11.6. The van der Waals surface area contributed by atoms with Gasteiger partial charge in [-0.15, -0.1) is 0 Å². The third kappa shape index (κ3) is 3.78. The Balaban J connectivity index is 1.60. The van der Waals surface area contributed by atoms with Gasteiger partial charge >= 0.3 is 0 Å². The van der Waals surface area contributed by atoms with Crippen molar-refractivity contribution in [3.63, 3.8) is 0 Å². The van der Waals surface area contributed by atoms with Crippen LogP contribution in [0, 0.1) is 6.92 Å². The Morgan fingerprint density at radius 2 is 1.80 bits per heavy atom.